The van der Waals surface area contributed by atoms with E-state index in [2.05, 4.69) is 4.72 Å². The van der Waals surface area contributed by atoms with Crippen LogP contribution in [0.15, 0.2) is 23.1 Å². The lowest BCUT2D eigenvalue weighted by molar-refractivity contribution is -0.138. The third-order valence-corrected chi connectivity index (χ3v) is 5.67. The normalized spacial score (nSPS) is 16.0. The van der Waals surface area contributed by atoms with Gasteiger partial charge in [0, 0.05) is 13.1 Å². The highest BCUT2D eigenvalue weighted by atomic mass is 35.5. The van der Waals surface area contributed by atoms with Crippen molar-refractivity contribution in [2.45, 2.75) is 30.8 Å². The summed E-state index contributed by atoms with van der Waals surface area (Å²) in [6.45, 7) is 2.82. The second-order valence-electron chi connectivity index (χ2n) is 5.43. The van der Waals surface area contributed by atoms with Crippen molar-refractivity contribution >= 4 is 33.5 Å². The standard InChI is InChI=1S/C15H19ClN2O5S/c1-10(14(19)18-7-3-4-8-18)23-15(20)11-5-6-12(16)13(9-11)24(21,22)17-2/h5-6,9-10,17H,3-4,7-8H2,1-2H3/t10-/m0/s1. The number of sulfonamides is 1. The Bertz CT molecular complexity index is 744. The van der Waals surface area contributed by atoms with Gasteiger partial charge in [-0.2, -0.15) is 0 Å². The number of ether oxygens (including phenoxy) is 1. The smallest absolute Gasteiger partial charge is 0.338 e. The molecule has 0 aromatic heterocycles. The van der Waals surface area contributed by atoms with Gasteiger partial charge in [0.1, 0.15) is 4.90 Å². The van der Waals surface area contributed by atoms with Crippen LogP contribution in [0.2, 0.25) is 5.02 Å². The number of hydrogen-bond acceptors (Lipinski definition) is 5. The first-order chi connectivity index (χ1) is 11.3. The third-order valence-electron chi connectivity index (χ3n) is 3.77. The van der Waals surface area contributed by atoms with Crippen molar-refractivity contribution in [3.05, 3.63) is 28.8 Å². The van der Waals surface area contributed by atoms with Crippen LogP contribution in [0.4, 0.5) is 0 Å². The lowest BCUT2D eigenvalue weighted by Gasteiger charge is -2.20. The number of carbonyl (C=O) groups is 2. The van der Waals surface area contributed by atoms with Crippen LogP contribution in [0.1, 0.15) is 30.1 Å². The summed E-state index contributed by atoms with van der Waals surface area (Å²) in [6, 6.07) is 3.78. The zero-order chi connectivity index (χ0) is 17.9. The number of nitrogens with zero attached hydrogens (tertiary/aromatic N) is 1. The van der Waals surface area contributed by atoms with Gasteiger partial charge in [0.05, 0.1) is 10.6 Å². The van der Waals surface area contributed by atoms with Gasteiger partial charge in [-0.3, -0.25) is 4.79 Å². The molecule has 1 aliphatic heterocycles. The monoisotopic (exact) mass is 374 g/mol. The third kappa shape index (κ3) is 4.06. The second kappa shape index (κ2) is 7.50. The summed E-state index contributed by atoms with van der Waals surface area (Å²) in [6.07, 6.45) is 0.944. The number of nitrogens with one attached hydrogen (secondary N) is 1. The summed E-state index contributed by atoms with van der Waals surface area (Å²) in [5.41, 5.74) is 0.00861. The van der Waals surface area contributed by atoms with E-state index in [4.69, 9.17) is 16.3 Å². The van der Waals surface area contributed by atoms with Crippen LogP contribution in [0.3, 0.4) is 0 Å². The maximum absolute atomic E-state index is 12.2. The summed E-state index contributed by atoms with van der Waals surface area (Å²) in [5.74, 6) is -1.03. The zero-order valence-corrected chi connectivity index (χ0v) is 15.0. The number of carbonyl (C=O) groups excluding carboxylic acids is 2. The van der Waals surface area contributed by atoms with E-state index in [0.29, 0.717) is 13.1 Å². The van der Waals surface area contributed by atoms with Crippen LogP contribution < -0.4 is 4.72 Å². The van der Waals surface area contributed by atoms with Crippen LogP contribution >= 0.6 is 11.6 Å². The van der Waals surface area contributed by atoms with Crippen LogP contribution in [0.25, 0.3) is 0 Å². The van der Waals surface area contributed by atoms with Crippen molar-refractivity contribution in [3.63, 3.8) is 0 Å². The first-order valence-electron chi connectivity index (χ1n) is 7.49. The molecule has 0 spiro atoms. The minimum absolute atomic E-state index is 0.00861. The van der Waals surface area contributed by atoms with Crippen molar-refractivity contribution in [2.24, 2.45) is 0 Å². The van der Waals surface area contributed by atoms with Crippen molar-refractivity contribution in [3.8, 4) is 0 Å². The second-order valence-corrected chi connectivity index (χ2v) is 7.69. The van der Waals surface area contributed by atoms with Crippen LogP contribution in [0, 0.1) is 0 Å². The molecule has 1 amide bonds. The first-order valence-corrected chi connectivity index (χ1v) is 9.35. The molecule has 1 aliphatic rings. The summed E-state index contributed by atoms with van der Waals surface area (Å²) in [4.78, 5) is 25.8. The van der Waals surface area contributed by atoms with Crippen LogP contribution in [0.5, 0.6) is 0 Å². The Balaban J connectivity index is 2.15. The molecule has 132 valence electrons. The molecular weight excluding hydrogens is 356 g/mol. The van der Waals surface area contributed by atoms with E-state index >= 15 is 0 Å². The maximum atomic E-state index is 12.2. The Morgan fingerprint density at radius 3 is 2.50 bits per heavy atom. The molecule has 24 heavy (non-hydrogen) atoms. The highest BCUT2D eigenvalue weighted by Crippen LogP contribution is 2.23. The predicted molar refractivity (Wildman–Crippen MR) is 88.4 cm³/mol. The van der Waals surface area contributed by atoms with E-state index in [1.807, 2.05) is 0 Å². The summed E-state index contributed by atoms with van der Waals surface area (Å²) >= 11 is 5.87. The van der Waals surface area contributed by atoms with Crippen molar-refractivity contribution in [1.29, 1.82) is 0 Å². The number of benzene rings is 1. The fourth-order valence-electron chi connectivity index (χ4n) is 2.42. The fraction of sp³-hybridized carbons (Fsp3) is 0.467. The number of halogens is 1. The molecule has 0 bridgehead atoms. The largest absolute Gasteiger partial charge is 0.449 e. The number of likely N-dealkylation sites (tertiary alicyclic amines) is 1. The Hall–Kier alpha value is -1.64. The highest BCUT2D eigenvalue weighted by molar-refractivity contribution is 7.89. The Kier molecular flexibility index (Phi) is 5.84. The highest BCUT2D eigenvalue weighted by Gasteiger charge is 2.27. The van der Waals surface area contributed by atoms with Crippen molar-refractivity contribution in [1.82, 2.24) is 9.62 Å². The zero-order valence-electron chi connectivity index (χ0n) is 13.4. The average Bonchev–Trinajstić information content (AvgIpc) is 3.08. The van der Waals surface area contributed by atoms with Gasteiger partial charge in [-0.15, -0.1) is 0 Å². The Morgan fingerprint density at radius 2 is 1.92 bits per heavy atom. The Labute approximate surface area is 146 Å². The van der Waals surface area contributed by atoms with Gasteiger partial charge in [0.25, 0.3) is 5.91 Å². The molecule has 0 unspecified atom stereocenters. The molecule has 2 rings (SSSR count). The summed E-state index contributed by atoms with van der Waals surface area (Å²) in [5, 5.41) is -0.0120. The van der Waals surface area contributed by atoms with Gasteiger partial charge < -0.3 is 9.64 Å². The van der Waals surface area contributed by atoms with Gasteiger partial charge >= 0.3 is 5.97 Å². The first kappa shape index (κ1) is 18.7. The summed E-state index contributed by atoms with van der Waals surface area (Å²) < 4.78 is 31.1. The molecule has 1 aromatic carbocycles. The average molecular weight is 375 g/mol. The fourth-order valence-corrected chi connectivity index (χ4v) is 3.67. The predicted octanol–water partition coefficient (Wildman–Crippen LogP) is 1.42. The van der Waals surface area contributed by atoms with Crippen molar-refractivity contribution < 1.29 is 22.7 Å². The molecule has 1 atom stereocenters. The molecular formula is C15H19ClN2O5S. The molecule has 1 saturated heterocycles. The van der Waals surface area contributed by atoms with E-state index < -0.39 is 22.1 Å². The molecule has 1 N–H and O–H groups in total. The van der Waals surface area contributed by atoms with Gasteiger partial charge in [-0.1, -0.05) is 11.6 Å². The van der Waals surface area contributed by atoms with Crippen molar-refractivity contribution in [2.75, 3.05) is 20.1 Å². The topological polar surface area (TPSA) is 92.8 Å². The van der Waals surface area contributed by atoms with Gasteiger partial charge in [0.2, 0.25) is 10.0 Å². The van der Waals surface area contributed by atoms with E-state index in [9.17, 15) is 18.0 Å². The molecule has 9 heteroatoms. The molecule has 0 saturated carbocycles. The van der Waals surface area contributed by atoms with Gasteiger partial charge in [0.15, 0.2) is 6.10 Å². The maximum Gasteiger partial charge on any atom is 0.338 e. The molecule has 1 fully saturated rings. The SMILES string of the molecule is CNS(=O)(=O)c1cc(C(=O)O[C@@H](C)C(=O)N2CCCC2)ccc1Cl. The van der Waals surface area contributed by atoms with Gasteiger partial charge in [-0.05, 0) is 45.0 Å². The lowest BCUT2D eigenvalue weighted by atomic mass is 10.2. The molecule has 1 aromatic rings. The lowest BCUT2D eigenvalue weighted by Crippen LogP contribution is -2.38. The quantitative estimate of drug-likeness (QED) is 0.787. The minimum Gasteiger partial charge on any atom is -0.449 e. The number of rotatable bonds is 5. The Morgan fingerprint density at radius 1 is 1.29 bits per heavy atom. The molecule has 0 radical (unpaired) electrons. The molecule has 0 aliphatic carbocycles. The number of amides is 1. The number of esters is 1. The van der Waals surface area contributed by atoms with Crippen LogP contribution in [-0.2, 0) is 19.6 Å². The van der Waals surface area contributed by atoms with E-state index in [1.54, 1.807) is 4.90 Å². The molecule has 7 nitrogen and oxygen atoms in total. The van der Waals surface area contributed by atoms with E-state index in [1.165, 1.54) is 26.1 Å². The van der Waals surface area contributed by atoms with Gasteiger partial charge in [-0.25, -0.2) is 17.9 Å². The number of hydrogen-bond donors (Lipinski definition) is 1. The van der Waals surface area contributed by atoms with E-state index in [0.717, 1.165) is 18.9 Å². The summed E-state index contributed by atoms with van der Waals surface area (Å²) in [7, 11) is -2.56. The minimum atomic E-state index is -3.81. The molecule has 1 heterocycles. The van der Waals surface area contributed by atoms with E-state index in [-0.39, 0.29) is 21.4 Å². The van der Waals surface area contributed by atoms with Crippen LogP contribution in [-0.4, -0.2) is 51.4 Å².